The van der Waals surface area contributed by atoms with Crippen LogP contribution in [-0.2, 0) is 13.0 Å². The monoisotopic (exact) mass is 349 g/mol. The van der Waals surface area contributed by atoms with Gasteiger partial charge in [0, 0.05) is 47.4 Å². The van der Waals surface area contributed by atoms with Gasteiger partial charge in [0.1, 0.15) is 0 Å². The molecule has 0 fully saturated rings. The van der Waals surface area contributed by atoms with Crippen LogP contribution >= 0.6 is 11.6 Å². The third-order valence-corrected chi connectivity index (χ3v) is 4.60. The van der Waals surface area contributed by atoms with E-state index in [2.05, 4.69) is 9.97 Å². The molecule has 0 N–H and O–H groups in total. The Morgan fingerprint density at radius 1 is 1.04 bits per heavy atom. The summed E-state index contributed by atoms with van der Waals surface area (Å²) in [6.07, 6.45) is 2.56. The molecule has 0 radical (unpaired) electrons. The van der Waals surface area contributed by atoms with Gasteiger partial charge < -0.3 is 4.90 Å². The molecule has 1 amide bonds. The Hall–Kier alpha value is -2.72. The van der Waals surface area contributed by atoms with Crippen LogP contribution in [0.4, 0.5) is 0 Å². The van der Waals surface area contributed by atoms with Gasteiger partial charge in [-0.1, -0.05) is 29.8 Å². The highest BCUT2D eigenvalue weighted by molar-refractivity contribution is 6.30. The molecule has 3 aromatic rings. The van der Waals surface area contributed by atoms with Crippen LogP contribution in [0.1, 0.15) is 21.6 Å². The predicted octanol–water partition coefficient (Wildman–Crippen LogP) is 4.00. The molecule has 1 aliphatic rings. The van der Waals surface area contributed by atoms with E-state index in [0.717, 1.165) is 23.2 Å². The van der Waals surface area contributed by atoms with Gasteiger partial charge in [-0.05, 0) is 36.4 Å². The summed E-state index contributed by atoms with van der Waals surface area (Å²) in [7, 11) is 0. The van der Waals surface area contributed by atoms with Crippen molar-refractivity contribution in [3.8, 4) is 11.4 Å². The summed E-state index contributed by atoms with van der Waals surface area (Å²) in [4.78, 5) is 23.6. The van der Waals surface area contributed by atoms with Crippen molar-refractivity contribution >= 4 is 17.5 Å². The third-order valence-electron chi connectivity index (χ3n) is 4.34. The zero-order chi connectivity index (χ0) is 17.2. The van der Waals surface area contributed by atoms with Crippen LogP contribution in [0, 0.1) is 0 Å². The Kier molecular flexibility index (Phi) is 4.20. The molecule has 0 bridgehead atoms. The van der Waals surface area contributed by atoms with Crippen LogP contribution in [0.15, 0.2) is 60.8 Å². The molecule has 1 aromatic heterocycles. The third kappa shape index (κ3) is 3.26. The van der Waals surface area contributed by atoms with Gasteiger partial charge in [-0.15, -0.1) is 0 Å². The van der Waals surface area contributed by atoms with Crippen molar-refractivity contribution in [3.05, 3.63) is 82.6 Å². The minimum atomic E-state index is 0.0491. The van der Waals surface area contributed by atoms with Crippen LogP contribution in [-0.4, -0.2) is 27.3 Å². The normalized spacial score (nSPS) is 13.4. The standard InChI is InChI=1S/C20H16ClN3O/c21-17-8-6-14(7-9-17)19-22-12-16-13-24(11-10-18(16)23-19)20(25)15-4-2-1-3-5-15/h1-9,12H,10-11,13H2. The number of hydrogen-bond donors (Lipinski definition) is 0. The fourth-order valence-electron chi connectivity index (χ4n) is 2.99. The summed E-state index contributed by atoms with van der Waals surface area (Å²) in [5.41, 5.74) is 3.67. The van der Waals surface area contributed by atoms with E-state index >= 15 is 0 Å². The second-order valence-electron chi connectivity index (χ2n) is 6.02. The zero-order valence-corrected chi connectivity index (χ0v) is 14.3. The van der Waals surface area contributed by atoms with E-state index in [9.17, 15) is 4.79 Å². The molecular weight excluding hydrogens is 334 g/mol. The number of hydrogen-bond acceptors (Lipinski definition) is 3. The Balaban J connectivity index is 1.56. The van der Waals surface area contributed by atoms with Gasteiger partial charge in [0.15, 0.2) is 5.82 Å². The Labute approximate surface area is 151 Å². The summed E-state index contributed by atoms with van der Waals surface area (Å²) < 4.78 is 0. The molecule has 0 unspecified atom stereocenters. The maximum absolute atomic E-state index is 12.6. The number of aromatic nitrogens is 2. The molecule has 0 spiro atoms. The van der Waals surface area contributed by atoms with Gasteiger partial charge in [-0.3, -0.25) is 4.79 Å². The van der Waals surface area contributed by atoms with Gasteiger partial charge in [-0.25, -0.2) is 9.97 Å². The molecule has 2 aromatic carbocycles. The summed E-state index contributed by atoms with van der Waals surface area (Å²) in [6, 6.07) is 16.9. The van der Waals surface area contributed by atoms with Crippen LogP contribution in [0.3, 0.4) is 0 Å². The molecule has 124 valence electrons. The summed E-state index contributed by atoms with van der Waals surface area (Å²) >= 11 is 5.93. The van der Waals surface area contributed by atoms with Gasteiger partial charge in [-0.2, -0.15) is 0 Å². The first-order valence-corrected chi connectivity index (χ1v) is 8.53. The first-order chi connectivity index (χ1) is 12.2. The maximum Gasteiger partial charge on any atom is 0.254 e. The largest absolute Gasteiger partial charge is 0.334 e. The van der Waals surface area contributed by atoms with Crippen LogP contribution in [0.5, 0.6) is 0 Å². The van der Waals surface area contributed by atoms with E-state index < -0.39 is 0 Å². The maximum atomic E-state index is 12.6. The van der Waals surface area contributed by atoms with Gasteiger partial charge in [0.2, 0.25) is 0 Å². The average molecular weight is 350 g/mol. The van der Waals surface area contributed by atoms with E-state index in [1.165, 1.54) is 0 Å². The summed E-state index contributed by atoms with van der Waals surface area (Å²) in [5.74, 6) is 0.742. The van der Waals surface area contributed by atoms with Crippen LogP contribution in [0.25, 0.3) is 11.4 Å². The predicted molar refractivity (Wildman–Crippen MR) is 97.4 cm³/mol. The lowest BCUT2D eigenvalue weighted by Crippen LogP contribution is -2.36. The number of fused-ring (bicyclic) bond motifs is 1. The lowest BCUT2D eigenvalue weighted by molar-refractivity contribution is 0.0733. The molecule has 0 atom stereocenters. The zero-order valence-electron chi connectivity index (χ0n) is 13.5. The molecule has 0 aliphatic carbocycles. The summed E-state index contributed by atoms with van der Waals surface area (Å²) in [6.45, 7) is 1.21. The van der Waals surface area contributed by atoms with Crippen molar-refractivity contribution in [3.63, 3.8) is 0 Å². The van der Waals surface area contributed by atoms with E-state index in [1.807, 2.05) is 65.7 Å². The highest BCUT2D eigenvalue weighted by Gasteiger charge is 2.23. The van der Waals surface area contributed by atoms with E-state index in [4.69, 9.17) is 11.6 Å². The van der Waals surface area contributed by atoms with Crippen molar-refractivity contribution in [2.45, 2.75) is 13.0 Å². The Morgan fingerprint density at radius 2 is 1.80 bits per heavy atom. The van der Waals surface area contributed by atoms with E-state index in [1.54, 1.807) is 0 Å². The SMILES string of the molecule is O=C(c1ccccc1)N1CCc2nc(-c3ccc(Cl)cc3)ncc2C1. The smallest absolute Gasteiger partial charge is 0.254 e. The van der Waals surface area contributed by atoms with Crippen molar-refractivity contribution in [1.82, 2.24) is 14.9 Å². The second-order valence-corrected chi connectivity index (χ2v) is 6.45. The van der Waals surface area contributed by atoms with Crippen molar-refractivity contribution in [2.75, 3.05) is 6.54 Å². The minimum Gasteiger partial charge on any atom is -0.334 e. The molecule has 1 aliphatic heterocycles. The number of carbonyl (C=O) groups excluding carboxylic acids is 1. The number of halogens is 1. The lowest BCUT2D eigenvalue weighted by Gasteiger charge is -2.28. The summed E-state index contributed by atoms with van der Waals surface area (Å²) in [5, 5.41) is 0.691. The quantitative estimate of drug-likeness (QED) is 0.702. The molecule has 4 nitrogen and oxygen atoms in total. The van der Waals surface area contributed by atoms with Crippen LogP contribution in [0.2, 0.25) is 5.02 Å². The Bertz CT molecular complexity index is 910. The Morgan fingerprint density at radius 3 is 2.56 bits per heavy atom. The minimum absolute atomic E-state index is 0.0491. The topological polar surface area (TPSA) is 46.1 Å². The van der Waals surface area contributed by atoms with Crippen LogP contribution < -0.4 is 0 Å². The molecule has 25 heavy (non-hydrogen) atoms. The van der Waals surface area contributed by atoms with E-state index in [-0.39, 0.29) is 5.91 Å². The number of benzene rings is 2. The fourth-order valence-corrected chi connectivity index (χ4v) is 3.12. The average Bonchev–Trinajstić information content (AvgIpc) is 2.68. The fraction of sp³-hybridized carbons (Fsp3) is 0.150. The lowest BCUT2D eigenvalue weighted by atomic mass is 10.1. The number of nitrogens with zero attached hydrogens (tertiary/aromatic N) is 3. The van der Waals surface area contributed by atoms with Gasteiger partial charge in [0.25, 0.3) is 5.91 Å². The van der Waals surface area contributed by atoms with Gasteiger partial charge >= 0.3 is 0 Å². The number of amides is 1. The molecule has 0 saturated heterocycles. The molecule has 5 heteroatoms. The van der Waals surface area contributed by atoms with E-state index in [0.29, 0.717) is 29.5 Å². The first kappa shape index (κ1) is 15.8. The number of rotatable bonds is 2. The highest BCUT2D eigenvalue weighted by Crippen LogP contribution is 2.23. The second kappa shape index (κ2) is 6.65. The molecular formula is C20H16ClN3O. The highest BCUT2D eigenvalue weighted by atomic mass is 35.5. The number of carbonyl (C=O) groups is 1. The molecule has 0 saturated carbocycles. The van der Waals surface area contributed by atoms with Gasteiger partial charge in [0.05, 0.1) is 5.69 Å². The molecule has 4 rings (SSSR count). The molecule has 2 heterocycles. The van der Waals surface area contributed by atoms with Crippen molar-refractivity contribution in [1.29, 1.82) is 0 Å². The van der Waals surface area contributed by atoms with Crippen molar-refractivity contribution in [2.24, 2.45) is 0 Å². The van der Waals surface area contributed by atoms with Crippen molar-refractivity contribution < 1.29 is 4.79 Å². The first-order valence-electron chi connectivity index (χ1n) is 8.16.